The molecule has 0 heterocycles. The van der Waals surface area contributed by atoms with Crippen LogP contribution in [0.15, 0.2) is 0 Å². The van der Waals surface area contributed by atoms with E-state index in [0.717, 1.165) is 0 Å². The molecular weight excluding hydrogens is 208 g/mol. The van der Waals surface area contributed by atoms with E-state index in [1.54, 1.807) is 0 Å². The highest BCUT2D eigenvalue weighted by molar-refractivity contribution is 5.84. The topological polar surface area (TPSA) is 75.3 Å². The van der Waals surface area contributed by atoms with Gasteiger partial charge in [0.1, 0.15) is 5.78 Å². The number of nitrogens with one attached hydrogen (secondary N) is 2. The molecule has 0 radical (unpaired) electrons. The third-order valence-electron chi connectivity index (χ3n) is 1.97. The quantitative estimate of drug-likeness (QED) is 0.590. The van der Waals surface area contributed by atoms with Gasteiger partial charge in [0.15, 0.2) is 0 Å². The smallest absolute Gasteiger partial charge is 0.220 e. The van der Waals surface area contributed by atoms with Crippen molar-refractivity contribution in [2.24, 2.45) is 0 Å². The minimum atomic E-state index is -0.133. The summed E-state index contributed by atoms with van der Waals surface area (Å²) in [6.45, 7) is 4.02. The fourth-order valence-electron chi connectivity index (χ4n) is 1.17. The van der Waals surface area contributed by atoms with E-state index in [1.807, 2.05) is 6.92 Å². The molecule has 0 aromatic heterocycles. The van der Waals surface area contributed by atoms with Gasteiger partial charge in [-0.2, -0.15) is 0 Å². The molecule has 0 fully saturated rings. The van der Waals surface area contributed by atoms with E-state index in [1.165, 1.54) is 6.92 Å². The summed E-state index contributed by atoms with van der Waals surface area (Å²) in [7, 11) is 0. The zero-order valence-corrected chi connectivity index (χ0v) is 9.97. The highest BCUT2D eigenvalue weighted by Gasteiger charge is 2.03. The third kappa shape index (κ3) is 9.18. The summed E-state index contributed by atoms with van der Waals surface area (Å²) in [5, 5.41) is 5.20. The lowest BCUT2D eigenvalue weighted by molar-refractivity contribution is -0.124. The number of unbranched alkanes of at least 4 members (excludes halogenated alkanes) is 1. The lowest BCUT2D eigenvalue weighted by Crippen LogP contribution is -2.28. The largest absolute Gasteiger partial charge is 0.356 e. The van der Waals surface area contributed by atoms with Crippen molar-refractivity contribution in [3.63, 3.8) is 0 Å². The summed E-state index contributed by atoms with van der Waals surface area (Å²) >= 11 is 0. The average molecular weight is 228 g/mol. The van der Waals surface area contributed by atoms with E-state index >= 15 is 0 Å². The molecule has 5 nitrogen and oxygen atoms in total. The van der Waals surface area contributed by atoms with Crippen molar-refractivity contribution in [3.8, 4) is 0 Å². The Kier molecular flexibility index (Phi) is 8.11. The number of ketones is 1. The minimum absolute atomic E-state index is 0.0200. The standard InChI is InChI=1S/C11H20N2O3/c1-3-12-10(15)6-4-5-7-11(16)13-8-9(2)14/h3-8H2,1-2H3,(H,12,15)(H,13,16). The predicted molar refractivity (Wildman–Crippen MR) is 60.8 cm³/mol. The molecule has 92 valence electrons. The second-order valence-corrected chi connectivity index (χ2v) is 3.64. The fraction of sp³-hybridized carbons (Fsp3) is 0.727. The van der Waals surface area contributed by atoms with E-state index in [9.17, 15) is 14.4 Å². The molecule has 0 saturated heterocycles. The van der Waals surface area contributed by atoms with Crippen molar-refractivity contribution >= 4 is 17.6 Å². The van der Waals surface area contributed by atoms with Crippen LogP contribution in [-0.2, 0) is 14.4 Å². The molecule has 0 bridgehead atoms. The second-order valence-electron chi connectivity index (χ2n) is 3.64. The van der Waals surface area contributed by atoms with Crippen LogP contribution in [0.1, 0.15) is 39.5 Å². The van der Waals surface area contributed by atoms with Crippen LogP contribution in [0.5, 0.6) is 0 Å². The Labute approximate surface area is 96.0 Å². The molecule has 0 rings (SSSR count). The molecule has 16 heavy (non-hydrogen) atoms. The first-order valence-electron chi connectivity index (χ1n) is 5.59. The molecule has 0 aromatic carbocycles. The van der Waals surface area contributed by atoms with Crippen LogP contribution in [0.4, 0.5) is 0 Å². The van der Waals surface area contributed by atoms with Crippen molar-refractivity contribution in [2.75, 3.05) is 13.1 Å². The first-order chi connectivity index (χ1) is 7.56. The lowest BCUT2D eigenvalue weighted by Gasteiger charge is -2.03. The molecule has 0 saturated carbocycles. The number of rotatable bonds is 8. The van der Waals surface area contributed by atoms with Crippen molar-refractivity contribution < 1.29 is 14.4 Å². The molecule has 2 N–H and O–H groups in total. The normalized spacial score (nSPS) is 9.62. The van der Waals surface area contributed by atoms with Crippen LogP contribution >= 0.6 is 0 Å². The van der Waals surface area contributed by atoms with Crippen molar-refractivity contribution in [1.82, 2.24) is 10.6 Å². The first kappa shape index (κ1) is 14.6. The average Bonchev–Trinajstić information content (AvgIpc) is 2.22. The predicted octanol–water partition coefficient (Wildman–Crippen LogP) is 0.388. The minimum Gasteiger partial charge on any atom is -0.356 e. The van der Waals surface area contributed by atoms with Crippen LogP contribution in [0, 0.1) is 0 Å². The Morgan fingerprint density at radius 1 is 0.938 bits per heavy atom. The summed E-state index contributed by atoms with van der Waals surface area (Å²) in [6.07, 6.45) is 2.18. The number of amides is 2. The highest BCUT2D eigenvalue weighted by atomic mass is 16.2. The van der Waals surface area contributed by atoms with Gasteiger partial charge in [0.05, 0.1) is 6.54 Å². The summed E-state index contributed by atoms with van der Waals surface area (Å²) < 4.78 is 0. The molecule has 0 unspecified atom stereocenters. The molecule has 0 aliphatic rings. The molecule has 5 heteroatoms. The monoisotopic (exact) mass is 228 g/mol. The number of carbonyl (C=O) groups excluding carboxylic acids is 3. The van der Waals surface area contributed by atoms with Gasteiger partial charge in [-0.05, 0) is 26.7 Å². The number of carbonyl (C=O) groups is 3. The Morgan fingerprint density at radius 3 is 1.88 bits per heavy atom. The van der Waals surface area contributed by atoms with Crippen molar-refractivity contribution in [2.45, 2.75) is 39.5 Å². The Bertz CT molecular complexity index is 252. The number of hydrogen-bond acceptors (Lipinski definition) is 3. The third-order valence-corrected chi connectivity index (χ3v) is 1.97. The van der Waals surface area contributed by atoms with Crippen molar-refractivity contribution in [1.29, 1.82) is 0 Å². The van der Waals surface area contributed by atoms with Gasteiger partial charge >= 0.3 is 0 Å². The van der Waals surface area contributed by atoms with Gasteiger partial charge in [-0.3, -0.25) is 14.4 Å². The molecule has 0 spiro atoms. The van der Waals surface area contributed by atoms with E-state index in [0.29, 0.717) is 32.2 Å². The fourth-order valence-corrected chi connectivity index (χ4v) is 1.17. The summed E-state index contributed by atoms with van der Waals surface area (Å²) in [4.78, 5) is 32.8. The van der Waals surface area contributed by atoms with Gasteiger partial charge in [0, 0.05) is 19.4 Å². The SMILES string of the molecule is CCNC(=O)CCCCC(=O)NCC(C)=O. The molecule has 0 aromatic rings. The molecule has 0 aliphatic carbocycles. The molecule has 0 atom stereocenters. The maximum atomic E-state index is 11.2. The number of hydrogen-bond donors (Lipinski definition) is 2. The Morgan fingerprint density at radius 2 is 1.44 bits per heavy atom. The molecule has 0 aliphatic heterocycles. The molecule has 2 amide bonds. The van der Waals surface area contributed by atoms with E-state index in [-0.39, 0.29) is 24.1 Å². The molecular formula is C11H20N2O3. The van der Waals surface area contributed by atoms with Crippen LogP contribution in [0.3, 0.4) is 0 Å². The van der Waals surface area contributed by atoms with Gasteiger partial charge in [-0.1, -0.05) is 0 Å². The maximum Gasteiger partial charge on any atom is 0.220 e. The van der Waals surface area contributed by atoms with Crippen LogP contribution in [0.2, 0.25) is 0 Å². The zero-order chi connectivity index (χ0) is 12.4. The van der Waals surface area contributed by atoms with E-state index in [2.05, 4.69) is 10.6 Å². The van der Waals surface area contributed by atoms with E-state index < -0.39 is 0 Å². The van der Waals surface area contributed by atoms with Crippen LogP contribution in [-0.4, -0.2) is 30.7 Å². The van der Waals surface area contributed by atoms with Gasteiger partial charge in [-0.15, -0.1) is 0 Å². The second kappa shape index (κ2) is 8.88. The Balaban J connectivity index is 3.40. The van der Waals surface area contributed by atoms with Crippen molar-refractivity contribution in [3.05, 3.63) is 0 Å². The zero-order valence-electron chi connectivity index (χ0n) is 9.97. The lowest BCUT2D eigenvalue weighted by atomic mass is 10.2. The maximum absolute atomic E-state index is 11.2. The van der Waals surface area contributed by atoms with Gasteiger partial charge in [0.2, 0.25) is 11.8 Å². The summed E-state index contributed by atoms with van der Waals surface area (Å²) in [5.74, 6) is -0.173. The van der Waals surface area contributed by atoms with Crippen LogP contribution in [0.25, 0.3) is 0 Å². The van der Waals surface area contributed by atoms with Gasteiger partial charge < -0.3 is 10.6 Å². The van der Waals surface area contributed by atoms with Gasteiger partial charge in [0.25, 0.3) is 0 Å². The van der Waals surface area contributed by atoms with Gasteiger partial charge in [-0.25, -0.2) is 0 Å². The van der Waals surface area contributed by atoms with E-state index in [4.69, 9.17) is 0 Å². The summed E-state index contributed by atoms with van der Waals surface area (Å²) in [5.41, 5.74) is 0. The Hall–Kier alpha value is -1.39. The first-order valence-corrected chi connectivity index (χ1v) is 5.59. The van der Waals surface area contributed by atoms with Crippen LogP contribution < -0.4 is 10.6 Å². The summed E-state index contributed by atoms with van der Waals surface area (Å²) in [6, 6.07) is 0. The number of Topliss-reactive ketones (excluding diaryl/α,β-unsaturated/α-hetero) is 1. The highest BCUT2D eigenvalue weighted by Crippen LogP contribution is 1.99.